The molecule has 0 radical (unpaired) electrons. The van der Waals surface area contributed by atoms with Gasteiger partial charge in [-0.1, -0.05) is 11.6 Å². The molecule has 1 fully saturated rings. The fourth-order valence-electron chi connectivity index (χ4n) is 1.59. The number of nitrogens with one attached hydrogen (secondary N) is 2. The summed E-state index contributed by atoms with van der Waals surface area (Å²) in [6.45, 7) is 0.897. The van der Waals surface area contributed by atoms with Crippen LogP contribution in [-0.2, 0) is 4.79 Å². The first-order valence-corrected chi connectivity index (χ1v) is 5.30. The molecule has 1 aromatic rings. The molecule has 1 aliphatic heterocycles. The summed E-state index contributed by atoms with van der Waals surface area (Å²) in [4.78, 5) is 15.7. The number of carbonyl (C=O) groups excluding carboxylic acids is 1. The first kappa shape index (κ1) is 10.4. The minimum atomic E-state index is -0.108. The van der Waals surface area contributed by atoms with Gasteiger partial charge in [-0.3, -0.25) is 4.79 Å². The smallest absolute Gasteiger partial charge is 0.242 e. The molecule has 1 amide bonds. The Morgan fingerprint density at radius 3 is 3.20 bits per heavy atom. The number of anilines is 1. The van der Waals surface area contributed by atoms with Gasteiger partial charge < -0.3 is 10.6 Å². The third kappa shape index (κ3) is 2.46. The summed E-state index contributed by atoms with van der Waals surface area (Å²) >= 11 is 5.88. The van der Waals surface area contributed by atoms with Crippen LogP contribution in [0, 0.1) is 0 Å². The second-order valence-corrected chi connectivity index (χ2v) is 3.88. The first-order chi connectivity index (χ1) is 7.27. The van der Waals surface area contributed by atoms with Crippen molar-refractivity contribution >= 4 is 23.3 Å². The molecule has 80 valence electrons. The normalized spacial score (nSPS) is 20.2. The van der Waals surface area contributed by atoms with Crippen LogP contribution < -0.4 is 10.6 Å². The predicted molar refractivity (Wildman–Crippen MR) is 58.9 cm³/mol. The molecule has 5 heteroatoms. The molecular weight excluding hydrogens is 214 g/mol. The Bertz CT molecular complexity index is 363. The van der Waals surface area contributed by atoms with Gasteiger partial charge in [0.25, 0.3) is 0 Å². The molecule has 4 nitrogen and oxygen atoms in total. The molecule has 2 heterocycles. The lowest BCUT2D eigenvalue weighted by Gasteiger charge is -2.10. The zero-order valence-electron chi connectivity index (χ0n) is 8.16. The number of aromatic nitrogens is 1. The van der Waals surface area contributed by atoms with E-state index in [-0.39, 0.29) is 11.9 Å². The van der Waals surface area contributed by atoms with Gasteiger partial charge in [-0.15, -0.1) is 0 Å². The van der Waals surface area contributed by atoms with Gasteiger partial charge in [-0.05, 0) is 31.5 Å². The van der Waals surface area contributed by atoms with Crippen molar-refractivity contribution in [1.82, 2.24) is 10.3 Å². The van der Waals surface area contributed by atoms with Crippen LogP contribution >= 0.6 is 11.6 Å². The Morgan fingerprint density at radius 1 is 1.67 bits per heavy atom. The highest BCUT2D eigenvalue weighted by atomic mass is 35.5. The van der Waals surface area contributed by atoms with Crippen LogP contribution in [-0.4, -0.2) is 23.5 Å². The van der Waals surface area contributed by atoms with E-state index in [9.17, 15) is 4.79 Å². The Hall–Kier alpha value is -1.13. The minimum absolute atomic E-state index is 0.0619. The number of hydrogen-bond donors (Lipinski definition) is 2. The number of carbonyl (C=O) groups is 1. The Labute approximate surface area is 93.0 Å². The molecule has 0 saturated carbocycles. The van der Waals surface area contributed by atoms with Gasteiger partial charge >= 0.3 is 0 Å². The summed E-state index contributed by atoms with van der Waals surface area (Å²) in [6.07, 6.45) is 3.51. The number of halogens is 1. The average Bonchev–Trinajstić information content (AvgIpc) is 2.74. The second-order valence-electron chi connectivity index (χ2n) is 3.47. The van der Waals surface area contributed by atoms with Crippen LogP contribution in [0.1, 0.15) is 12.8 Å². The lowest BCUT2D eigenvalue weighted by atomic mass is 10.2. The molecule has 0 bridgehead atoms. The fraction of sp³-hybridized carbons (Fsp3) is 0.400. The molecule has 15 heavy (non-hydrogen) atoms. The predicted octanol–water partition coefficient (Wildman–Crippen LogP) is 1.43. The Kier molecular flexibility index (Phi) is 3.18. The van der Waals surface area contributed by atoms with Crippen molar-refractivity contribution in [2.75, 3.05) is 11.9 Å². The Morgan fingerprint density at radius 2 is 2.53 bits per heavy atom. The summed E-state index contributed by atoms with van der Waals surface area (Å²) < 4.78 is 0. The second kappa shape index (κ2) is 4.59. The zero-order chi connectivity index (χ0) is 10.7. The van der Waals surface area contributed by atoms with Gasteiger partial charge in [-0.2, -0.15) is 0 Å². The first-order valence-electron chi connectivity index (χ1n) is 4.92. The van der Waals surface area contributed by atoms with E-state index in [0.717, 1.165) is 19.4 Å². The summed E-state index contributed by atoms with van der Waals surface area (Å²) in [7, 11) is 0. The molecular formula is C10H12ClN3O. The van der Waals surface area contributed by atoms with Crippen LogP contribution in [0.15, 0.2) is 18.3 Å². The fourth-order valence-corrected chi connectivity index (χ4v) is 1.76. The van der Waals surface area contributed by atoms with E-state index in [1.165, 1.54) is 0 Å². The number of nitrogens with zero attached hydrogens (tertiary/aromatic N) is 1. The summed E-state index contributed by atoms with van der Waals surface area (Å²) in [5, 5.41) is 6.28. The maximum Gasteiger partial charge on any atom is 0.242 e. The molecule has 1 atom stereocenters. The van der Waals surface area contributed by atoms with Crippen LogP contribution in [0.2, 0.25) is 5.02 Å². The maximum absolute atomic E-state index is 11.7. The lowest BCUT2D eigenvalue weighted by Crippen LogP contribution is -2.35. The zero-order valence-corrected chi connectivity index (χ0v) is 8.92. The number of hydrogen-bond acceptors (Lipinski definition) is 3. The minimum Gasteiger partial charge on any atom is -0.308 e. The molecule has 1 saturated heterocycles. The van der Waals surface area contributed by atoms with Crippen LogP contribution in [0.4, 0.5) is 5.82 Å². The number of amides is 1. The van der Waals surface area contributed by atoms with Gasteiger partial charge in [0.05, 0.1) is 11.1 Å². The van der Waals surface area contributed by atoms with Crippen LogP contribution in [0.5, 0.6) is 0 Å². The standard InChI is InChI=1S/C10H12ClN3O/c11-7-3-1-6-13-9(7)14-10(15)8-4-2-5-12-8/h1,3,6,8,12H,2,4-5H2,(H,13,14,15)/t8-/m1/s1. The number of rotatable bonds is 2. The van der Waals surface area contributed by atoms with E-state index in [0.29, 0.717) is 10.8 Å². The van der Waals surface area contributed by atoms with Gasteiger partial charge in [0, 0.05) is 6.20 Å². The Balaban J connectivity index is 2.02. The average molecular weight is 226 g/mol. The molecule has 2 rings (SSSR count). The number of pyridine rings is 1. The molecule has 0 unspecified atom stereocenters. The van der Waals surface area contributed by atoms with E-state index in [1.54, 1.807) is 18.3 Å². The summed E-state index contributed by atoms with van der Waals surface area (Å²) in [5.74, 6) is 0.367. The quantitative estimate of drug-likeness (QED) is 0.801. The molecule has 0 spiro atoms. The van der Waals surface area contributed by atoms with E-state index >= 15 is 0 Å². The third-order valence-electron chi connectivity index (χ3n) is 2.38. The van der Waals surface area contributed by atoms with Crippen molar-refractivity contribution in [3.05, 3.63) is 23.4 Å². The highest BCUT2D eigenvalue weighted by Crippen LogP contribution is 2.18. The van der Waals surface area contributed by atoms with Crippen molar-refractivity contribution in [2.24, 2.45) is 0 Å². The van der Waals surface area contributed by atoms with Crippen molar-refractivity contribution in [2.45, 2.75) is 18.9 Å². The van der Waals surface area contributed by atoms with E-state index in [4.69, 9.17) is 11.6 Å². The van der Waals surface area contributed by atoms with Gasteiger partial charge in [0.2, 0.25) is 5.91 Å². The third-order valence-corrected chi connectivity index (χ3v) is 2.68. The van der Waals surface area contributed by atoms with Crippen molar-refractivity contribution < 1.29 is 4.79 Å². The summed E-state index contributed by atoms with van der Waals surface area (Å²) in [5.41, 5.74) is 0. The lowest BCUT2D eigenvalue weighted by molar-refractivity contribution is -0.117. The highest BCUT2D eigenvalue weighted by molar-refractivity contribution is 6.33. The SMILES string of the molecule is O=C(Nc1ncccc1Cl)[C@H]1CCCN1. The van der Waals surface area contributed by atoms with E-state index < -0.39 is 0 Å². The van der Waals surface area contributed by atoms with Gasteiger partial charge in [-0.25, -0.2) is 4.98 Å². The van der Waals surface area contributed by atoms with Crippen molar-refractivity contribution in [3.63, 3.8) is 0 Å². The van der Waals surface area contributed by atoms with Crippen LogP contribution in [0.3, 0.4) is 0 Å². The van der Waals surface area contributed by atoms with Gasteiger partial charge in [0.1, 0.15) is 0 Å². The molecule has 1 aliphatic rings. The van der Waals surface area contributed by atoms with Crippen molar-refractivity contribution in [1.29, 1.82) is 0 Å². The van der Waals surface area contributed by atoms with E-state index in [2.05, 4.69) is 15.6 Å². The van der Waals surface area contributed by atoms with Gasteiger partial charge in [0.15, 0.2) is 5.82 Å². The topological polar surface area (TPSA) is 54.0 Å². The van der Waals surface area contributed by atoms with E-state index in [1.807, 2.05) is 0 Å². The molecule has 0 aliphatic carbocycles. The molecule has 2 N–H and O–H groups in total. The highest BCUT2D eigenvalue weighted by Gasteiger charge is 2.22. The maximum atomic E-state index is 11.7. The van der Waals surface area contributed by atoms with Crippen LogP contribution in [0.25, 0.3) is 0 Å². The van der Waals surface area contributed by atoms with Crippen molar-refractivity contribution in [3.8, 4) is 0 Å². The molecule has 0 aromatic carbocycles. The molecule has 1 aromatic heterocycles. The summed E-state index contributed by atoms with van der Waals surface area (Å²) in [6, 6.07) is 3.32. The monoisotopic (exact) mass is 225 g/mol. The largest absolute Gasteiger partial charge is 0.308 e.